The van der Waals surface area contributed by atoms with Crippen molar-refractivity contribution in [1.82, 2.24) is 0 Å². The monoisotopic (exact) mass is 378 g/mol. The van der Waals surface area contributed by atoms with Gasteiger partial charge in [0, 0.05) is 6.42 Å². The van der Waals surface area contributed by atoms with Crippen molar-refractivity contribution in [2.24, 2.45) is 23.7 Å². The molecule has 3 fully saturated rings. The van der Waals surface area contributed by atoms with Crippen molar-refractivity contribution in [2.45, 2.75) is 109 Å². The Balaban J connectivity index is 1.44. The summed E-state index contributed by atoms with van der Waals surface area (Å²) < 4.78 is 60.7. The molecule has 0 amide bonds. The van der Waals surface area contributed by atoms with Crippen LogP contribution >= 0.6 is 0 Å². The number of rotatable bonds is 5. The maximum absolute atomic E-state index is 14.5. The van der Waals surface area contributed by atoms with Crippen LogP contribution in [0.3, 0.4) is 0 Å². The molecule has 0 aliphatic heterocycles. The first-order chi connectivity index (χ1) is 12.4. The van der Waals surface area contributed by atoms with Crippen molar-refractivity contribution >= 4 is 0 Å². The molecule has 0 aromatic carbocycles. The van der Waals surface area contributed by atoms with Crippen molar-refractivity contribution in [3.8, 4) is 0 Å². The van der Waals surface area contributed by atoms with Gasteiger partial charge in [-0.2, -0.15) is 8.78 Å². The Labute approximate surface area is 155 Å². The zero-order valence-corrected chi connectivity index (χ0v) is 15.9. The van der Waals surface area contributed by atoms with Crippen LogP contribution in [0.1, 0.15) is 84.0 Å². The van der Waals surface area contributed by atoms with E-state index in [2.05, 4.69) is 6.92 Å². The average molecular weight is 378 g/mol. The quantitative estimate of drug-likeness (QED) is 0.476. The molecule has 3 rings (SSSR count). The molecular weight excluding hydrogens is 344 g/mol. The number of ether oxygens (including phenoxy) is 1. The van der Waals surface area contributed by atoms with E-state index < -0.39 is 30.5 Å². The lowest BCUT2D eigenvalue weighted by Crippen LogP contribution is -2.42. The van der Waals surface area contributed by atoms with Crippen LogP contribution in [0.25, 0.3) is 0 Å². The largest absolute Gasteiger partial charge is 0.358 e. The Hall–Kier alpha value is -0.320. The Morgan fingerprint density at radius 1 is 0.769 bits per heavy atom. The van der Waals surface area contributed by atoms with Crippen LogP contribution < -0.4 is 0 Å². The summed E-state index contributed by atoms with van der Waals surface area (Å²) in [5.41, 5.74) is 0. The summed E-state index contributed by atoms with van der Waals surface area (Å²) in [5, 5.41) is 0. The minimum Gasteiger partial charge on any atom is -0.317 e. The summed E-state index contributed by atoms with van der Waals surface area (Å²) in [6.07, 6.45) is 1.71. The first kappa shape index (κ1) is 20.4. The lowest BCUT2D eigenvalue weighted by molar-refractivity contribution is -0.304. The SMILES string of the molecule is CCC1CCC(C2CCC(C(F)(F)OC3CCC(F)C(F)C3)CC2)CC1. The molecule has 152 valence electrons. The van der Waals surface area contributed by atoms with Gasteiger partial charge in [-0.3, -0.25) is 0 Å². The Bertz CT molecular complexity index is 428. The predicted molar refractivity (Wildman–Crippen MR) is 94.7 cm³/mol. The fourth-order valence-electron chi connectivity index (χ4n) is 5.46. The summed E-state index contributed by atoms with van der Waals surface area (Å²) in [7, 11) is 0. The molecule has 0 N–H and O–H groups in total. The van der Waals surface area contributed by atoms with Gasteiger partial charge in [0.15, 0.2) is 0 Å². The van der Waals surface area contributed by atoms with E-state index in [1.54, 1.807) is 0 Å². The first-order valence-electron chi connectivity index (χ1n) is 10.7. The molecule has 0 aromatic heterocycles. The van der Waals surface area contributed by atoms with E-state index in [0.29, 0.717) is 24.7 Å². The van der Waals surface area contributed by atoms with Crippen LogP contribution in [0.5, 0.6) is 0 Å². The van der Waals surface area contributed by atoms with Gasteiger partial charge < -0.3 is 4.74 Å². The average Bonchev–Trinajstić information content (AvgIpc) is 2.65. The second-order valence-electron chi connectivity index (χ2n) is 8.95. The minimum atomic E-state index is -3.21. The lowest BCUT2D eigenvalue weighted by Gasteiger charge is -2.40. The highest BCUT2D eigenvalue weighted by Gasteiger charge is 2.46. The molecule has 0 radical (unpaired) electrons. The summed E-state index contributed by atoms with van der Waals surface area (Å²) in [5.74, 6) is 1.38. The third kappa shape index (κ3) is 4.94. The first-order valence-corrected chi connectivity index (χ1v) is 10.7. The molecule has 1 nitrogen and oxygen atoms in total. The Morgan fingerprint density at radius 2 is 1.35 bits per heavy atom. The summed E-state index contributed by atoms with van der Waals surface area (Å²) in [6, 6.07) is 0. The van der Waals surface area contributed by atoms with Gasteiger partial charge in [-0.15, -0.1) is 0 Å². The maximum atomic E-state index is 14.5. The van der Waals surface area contributed by atoms with Gasteiger partial charge in [0.2, 0.25) is 0 Å². The molecule has 3 aliphatic carbocycles. The van der Waals surface area contributed by atoms with E-state index in [4.69, 9.17) is 4.74 Å². The van der Waals surface area contributed by atoms with Crippen LogP contribution in [0, 0.1) is 23.7 Å². The molecule has 5 heteroatoms. The van der Waals surface area contributed by atoms with Gasteiger partial charge in [0.1, 0.15) is 12.3 Å². The van der Waals surface area contributed by atoms with Gasteiger partial charge >= 0.3 is 6.11 Å². The van der Waals surface area contributed by atoms with Crippen molar-refractivity contribution in [1.29, 1.82) is 0 Å². The highest BCUT2D eigenvalue weighted by Crippen LogP contribution is 2.46. The van der Waals surface area contributed by atoms with E-state index in [1.807, 2.05) is 0 Å². The molecule has 3 atom stereocenters. The Kier molecular flexibility index (Phi) is 6.90. The van der Waals surface area contributed by atoms with Crippen molar-refractivity contribution in [2.75, 3.05) is 0 Å². The van der Waals surface area contributed by atoms with E-state index in [9.17, 15) is 17.6 Å². The number of hydrogen-bond acceptors (Lipinski definition) is 1. The number of alkyl halides is 4. The zero-order chi connectivity index (χ0) is 18.7. The van der Waals surface area contributed by atoms with Crippen LogP contribution in [-0.4, -0.2) is 24.6 Å². The predicted octanol–water partition coefficient (Wildman–Crippen LogP) is 6.85. The lowest BCUT2D eigenvalue weighted by atomic mass is 9.69. The van der Waals surface area contributed by atoms with E-state index in [-0.39, 0.29) is 19.3 Å². The van der Waals surface area contributed by atoms with Crippen molar-refractivity contribution in [3.63, 3.8) is 0 Å². The summed E-state index contributed by atoms with van der Waals surface area (Å²) in [6.45, 7) is 2.25. The van der Waals surface area contributed by atoms with Crippen molar-refractivity contribution < 1.29 is 22.3 Å². The highest BCUT2D eigenvalue weighted by atomic mass is 19.3. The van der Waals surface area contributed by atoms with Crippen LogP contribution in [0.2, 0.25) is 0 Å². The number of halogens is 4. The summed E-state index contributed by atoms with van der Waals surface area (Å²) >= 11 is 0. The van der Waals surface area contributed by atoms with Gasteiger partial charge in [0.25, 0.3) is 0 Å². The second-order valence-corrected chi connectivity index (χ2v) is 8.95. The second kappa shape index (κ2) is 8.79. The molecule has 3 saturated carbocycles. The molecule has 0 heterocycles. The van der Waals surface area contributed by atoms with Crippen LogP contribution in [-0.2, 0) is 4.74 Å². The summed E-state index contributed by atoms with van der Waals surface area (Å²) in [4.78, 5) is 0. The molecule has 0 aromatic rings. The molecule has 0 spiro atoms. The fourth-order valence-corrected chi connectivity index (χ4v) is 5.46. The topological polar surface area (TPSA) is 9.23 Å². The van der Waals surface area contributed by atoms with Gasteiger partial charge in [-0.05, 0) is 69.1 Å². The smallest absolute Gasteiger partial charge is 0.317 e. The highest BCUT2D eigenvalue weighted by molar-refractivity contribution is 4.86. The zero-order valence-electron chi connectivity index (χ0n) is 15.9. The van der Waals surface area contributed by atoms with Gasteiger partial charge in [0.05, 0.1) is 12.0 Å². The molecule has 3 aliphatic rings. The third-order valence-corrected chi connectivity index (χ3v) is 7.35. The normalized spacial score (nSPS) is 42.6. The molecule has 0 bridgehead atoms. The van der Waals surface area contributed by atoms with Crippen LogP contribution in [0.4, 0.5) is 17.6 Å². The van der Waals surface area contributed by atoms with Gasteiger partial charge in [-0.1, -0.05) is 26.2 Å². The van der Waals surface area contributed by atoms with Crippen molar-refractivity contribution in [3.05, 3.63) is 0 Å². The van der Waals surface area contributed by atoms with E-state index >= 15 is 0 Å². The Morgan fingerprint density at radius 3 is 1.88 bits per heavy atom. The van der Waals surface area contributed by atoms with Gasteiger partial charge in [-0.25, -0.2) is 8.78 Å². The molecule has 0 saturated heterocycles. The number of hydrogen-bond donors (Lipinski definition) is 0. The minimum absolute atomic E-state index is 0.0188. The standard InChI is InChI=1S/C21H34F4O/c1-2-14-3-5-15(6-4-14)16-7-9-17(10-8-16)21(24,25)26-18-11-12-19(22)20(23)13-18/h14-20H,2-13H2,1H3. The molecular formula is C21H34F4O. The van der Waals surface area contributed by atoms with Crippen LogP contribution in [0.15, 0.2) is 0 Å². The fraction of sp³-hybridized carbons (Fsp3) is 1.00. The molecule has 3 unspecified atom stereocenters. The third-order valence-electron chi connectivity index (χ3n) is 7.35. The van der Waals surface area contributed by atoms with E-state index in [1.165, 1.54) is 32.1 Å². The maximum Gasteiger partial charge on any atom is 0.358 e. The molecule has 26 heavy (non-hydrogen) atoms. The van der Waals surface area contributed by atoms with E-state index in [0.717, 1.165) is 18.8 Å².